The standard InChI is InChI=1S/C8H16ClNO/c1-5-10(4)7(11)8(2,3)6-9/h5-6H2,1-4H3. The second-order valence-electron chi connectivity index (χ2n) is 3.34. The van der Waals surface area contributed by atoms with Gasteiger partial charge in [0.05, 0.1) is 5.41 Å². The molecule has 1 amide bonds. The third-order valence-corrected chi connectivity index (χ3v) is 2.40. The van der Waals surface area contributed by atoms with Crippen molar-refractivity contribution in [1.29, 1.82) is 0 Å². The Bertz CT molecular complexity index is 145. The van der Waals surface area contributed by atoms with Crippen LogP contribution in [0.4, 0.5) is 0 Å². The molecule has 0 aromatic carbocycles. The van der Waals surface area contributed by atoms with Gasteiger partial charge in [-0.15, -0.1) is 11.6 Å². The molecule has 0 radical (unpaired) electrons. The smallest absolute Gasteiger partial charge is 0.229 e. The van der Waals surface area contributed by atoms with Crippen LogP contribution in [-0.4, -0.2) is 30.3 Å². The molecule has 3 heteroatoms. The number of amides is 1. The third-order valence-electron chi connectivity index (χ3n) is 1.73. The van der Waals surface area contributed by atoms with Gasteiger partial charge >= 0.3 is 0 Å². The molecule has 0 fully saturated rings. The first-order chi connectivity index (χ1) is 4.95. The van der Waals surface area contributed by atoms with Gasteiger partial charge in [-0.25, -0.2) is 0 Å². The van der Waals surface area contributed by atoms with Crippen molar-refractivity contribution in [2.45, 2.75) is 20.8 Å². The maximum atomic E-state index is 11.5. The van der Waals surface area contributed by atoms with E-state index in [4.69, 9.17) is 11.6 Å². The maximum Gasteiger partial charge on any atom is 0.229 e. The molecule has 0 rings (SSSR count). The zero-order valence-electron chi connectivity index (χ0n) is 7.65. The molecule has 0 saturated heterocycles. The van der Waals surface area contributed by atoms with Gasteiger partial charge in [0, 0.05) is 19.5 Å². The Morgan fingerprint density at radius 2 is 2.00 bits per heavy atom. The van der Waals surface area contributed by atoms with Crippen molar-refractivity contribution < 1.29 is 4.79 Å². The van der Waals surface area contributed by atoms with E-state index in [1.54, 1.807) is 11.9 Å². The molecule has 0 unspecified atom stereocenters. The van der Waals surface area contributed by atoms with Crippen molar-refractivity contribution in [2.75, 3.05) is 19.5 Å². The molecule has 0 atom stereocenters. The number of alkyl halides is 1. The lowest BCUT2D eigenvalue weighted by molar-refractivity contribution is -0.137. The monoisotopic (exact) mass is 177 g/mol. The molecule has 11 heavy (non-hydrogen) atoms. The van der Waals surface area contributed by atoms with Crippen LogP contribution in [0.5, 0.6) is 0 Å². The van der Waals surface area contributed by atoms with Crippen LogP contribution >= 0.6 is 11.6 Å². The van der Waals surface area contributed by atoms with Crippen molar-refractivity contribution in [3.8, 4) is 0 Å². The number of rotatable bonds is 3. The second-order valence-corrected chi connectivity index (χ2v) is 3.60. The molecular weight excluding hydrogens is 162 g/mol. The minimum atomic E-state index is -0.424. The number of hydrogen-bond donors (Lipinski definition) is 0. The lowest BCUT2D eigenvalue weighted by atomic mass is 9.94. The molecule has 0 saturated carbocycles. The van der Waals surface area contributed by atoms with Gasteiger partial charge in [0.2, 0.25) is 5.91 Å². The van der Waals surface area contributed by atoms with E-state index in [2.05, 4.69) is 0 Å². The van der Waals surface area contributed by atoms with E-state index in [1.807, 2.05) is 20.8 Å². The largest absolute Gasteiger partial charge is 0.346 e. The number of halogens is 1. The number of carbonyl (C=O) groups is 1. The van der Waals surface area contributed by atoms with E-state index in [1.165, 1.54) is 0 Å². The summed E-state index contributed by atoms with van der Waals surface area (Å²) in [5.41, 5.74) is -0.424. The number of hydrogen-bond acceptors (Lipinski definition) is 1. The van der Waals surface area contributed by atoms with Gasteiger partial charge in [0.15, 0.2) is 0 Å². The number of carbonyl (C=O) groups excluding carboxylic acids is 1. The highest BCUT2D eigenvalue weighted by molar-refractivity contribution is 6.19. The van der Waals surface area contributed by atoms with Crippen molar-refractivity contribution in [3.05, 3.63) is 0 Å². The maximum absolute atomic E-state index is 11.5. The highest BCUT2D eigenvalue weighted by Crippen LogP contribution is 2.19. The first-order valence-corrected chi connectivity index (χ1v) is 4.30. The Balaban J connectivity index is 4.23. The van der Waals surface area contributed by atoms with Crippen LogP contribution < -0.4 is 0 Å². The topological polar surface area (TPSA) is 20.3 Å². The van der Waals surface area contributed by atoms with Crippen LogP contribution in [0, 0.1) is 5.41 Å². The summed E-state index contributed by atoms with van der Waals surface area (Å²) in [6, 6.07) is 0. The third kappa shape index (κ3) is 2.70. The Hall–Kier alpha value is -0.240. The summed E-state index contributed by atoms with van der Waals surface area (Å²) in [6.07, 6.45) is 0. The Morgan fingerprint density at radius 1 is 1.55 bits per heavy atom. The van der Waals surface area contributed by atoms with Crippen LogP contribution in [0.1, 0.15) is 20.8 Å². The van der Waals surface area contributed by atoms with Crippen LogP contribution in [0.25, 0.3) is 0 Å². The normalized spacial score (nSPS) is 11.4. The lowest BCUT2D eigenvalue weighted by Crippen LogP contribution is -2.39. The molecule has 0 aliphatic heterocycles. The average molecular weight is 178 g/mol. The van der Waals surface area contributed by atoms with E-state index >= 15 is 0 Å². The fraction of sp³-hybridized carbons (Fsp3) is 0.875. The Morgan fingerprint density at radius 3 is 2.27 bits per heavy atom. The van der Waals surface area contributed by atoms with Gasteiger partial charge in [0.1, 0.15) is 0 Å². The lowest BCUT2D eigenvalue weighted by Gasteiger charge is -2.26. The molecule has 2 nitrogen and oxygen atoms in total. The van der Waals surface area contributed by atoms with E-state index < -0.39 is 5.41 Å². The summed E-state index contributed by atoms with van der Waals surface area (Å²) >= 11 is 5.64. The molecule has 0 bridgehead atoms. The average Bonchev–Trinajstić information content (AvgIpc) is 2.01. The molecule has 0 aliphatic carbocycles. The van der Waals surface area contributed by atoms with Gasteiger partial charge in [0.25, 0.3) is 0 Å². The first kappa shape index (κ1) is 10.8. The fourth-order valence-corrected chi connectivity index (χ4v) is 0.832. The SMILES string of the molecule is CCN(C)C(=O)C(C)(C)CCl. The van der Waals surface area contributed by atoms with Gasteiger partial charge < -0.3 is 4.90 Å². The van der Waals surface area contributed by atoms with Gasteiger partial charge in [-0.1, -0.05) is 0 Å². The van der Waals surface area contributed by atoms with Crippen molar-refractivity contribution in [2.24, 2.45) is 5.41 Å². The molecule has 0 spiro atoms. The van der Waals surface area contributed by atoms with E-state index in [-0.39, 0.29) is 5.91 Å². The van der Waals surface area contributed by atoms with Gasteiger partial charge in [-0.3, -0.25) is 4.79 Å². The molecular formula is C8H16ClNO. The summed E-state index contributed by atoms with van der Waals surface area (Å²) in [5, 5.41) is 0. The highest BCUT2D eigenvalue weighted by atomic mass is 35.5. The molecule has 0 N–H and O–H groups in total. The summed E-state index contributed by atoms with van der Waals surface area (Å²) in [5.74, 6) is 0.478. The minimum absolute atomic E-state index is 0.106. The van der Waals surface area contributed by atoms with Crippen molar-refractivity contribution in [1.82, 2.24) is 4.90 Å². The Labute approximate surface area is 73.5 Å². The highest BCUT2D eigenvalue weighted by Gasteiger charge is 2.28. The van der Waals surface area contributed by atoms with Crippen LogP contribution in [0.15, 0.2) is 0 Å². The van der Waals surface area contributed by atoms with Gasteiger partial charge in [-0.05, 0) is 20.8 Å². The minimum Gasteiger partial charge on any atom is -0.346 e. The molecule has 0 heterocycles. The summed E-state index contributed by atoms with van der Waals surface area (Å²) in [4.78, 5) is 13.2. The van der Waals surface area contributed by atoms with Crippen LogP contribution in [-0.2, 0) is 4.79 Å². The molecule has 66 valence electrons. The first-order valence-electron chi connectivity index (χ1n) is 3.77. The molecule has 0 aromatic heterocycles. The molecule has 0 aliphatic rings. The van der Waals surface area contributed by atoms with Crippen molar-refractivity contribution in [3.63, 3.8) is 0 Å². The summed E-state index contributed by atoms with van der Waals surface area (Å²) in [6.45, 7) is 6.39. The predicted octanol–water partition coefficient (Wildman–Crippen LogP) is 1.73. The predicted molar refractivity (Wildman–Crippen MR) is 47.8 cm³/mol. The second kappa shape index (κ2) is 3.96. The van der Waals surface area contributed by atoms with Crippen molar-refractivity contribution >= 4 is 17.5 Å². The van der Waals surface area contributed by atoms with Crippen LogP contribution in [0.3, 0.4) is 0 Å². The molecule has 0 aromatic rings. The van der Waals surface area contributed by atoms with E-state index in [0.29, 0.717) is 5.88 Å². The van der Waals surface area contributed by atoms with E-state index in [0.717, 1.165) is 6.54 Å². The number of nitrogens with zero attached hydrogens (tertiary/aromatic N) is 1. The Kier molecular flexibility index (Phi) is 3.87. The zero-order valence-corrected chi connectivity index (χ0v) is 8.40. The van der Waals surface area contributed by atoms with Crippen LogP contribution in [0.2, 0.25) is 0 Å². The summed E-state index contributed by atoms with van der Waals surface area (Å²) in [7, 11) is 1.79. The fourth-order valence-electron chi connectivity index (χ4n) is 0.717. The van der Waals surface area contributed by atoms with Gasteiger partial charge in [-0.2, -0.15) is 0 Å². The quantitative estimate of drug-likeness (QED) is 0.602. The zero-order chi connectivity index (χ0) is 9.07. The van der Waals surface area contributed by atoms with E-state index in [9.17, 15) is 4.79 Å². The summed E-state index contributed by atoms with van der Waals surface area (Å²) < 4.78 is 0.